The second-order valence-electron chi connectivity index (χ2n) is 18.3. The summed E-state index contributed by atoms with van der Waals surface area (Å²) in [7, 11) is 0. The number of hydrogen-bond acceptors (Lipinski definition) is 9. The molecule has 2 heterocycles. The van der Waals surface area contributed by atoms with E-state index in [2.05, 4.69) is 34.6 Å². The van der Waals surface area contributed by atoms with Crippen molar-refractivity contribution in [3.63, 3.8) is 0 Å². The summed E-state index contributed by atoms with van der Waals surface area (Å²) in [5.74, 6) is 0.285. The zero-order valence-electron chi connectivity index (χ0n) is 27.8. The van der Waals surface area contributed by atoms with Crippen molar-refractivity contribution in [2.24, 2.45) is 44.8 Å². The molecule has 7 aliphatic rings. The largest absolute Gasteiger partial charge is 0.393 e. The molecule has 6 N–H and O–H groups in total. The second kappa shape index (κ2) is 9.63. The third-order valence-corrected chi connectivity index (χ3v) is 15.5. The highest BCUT2D eigenvalue weighted by Crippen LogP contribution is 2.89. The summed E-state index contributed by atoms with van der Waals surface area (Å²) in [6.45, 7) is 14.8. The zero-order valence-corrected chi connectivity index (χ0v) is 27.8. The fraction of sp³-hybridized carbons (Fsp3) is 1.00. The van der Waals surface area contributed by atoms with Crippen molar-refractivity contribution in [3.8, 4) is 0 Å². The molecule has 0 radical (unpaired) electrons. The molecule has 9 nitrogen and oxygen atoms in total. The Morgan fingerprint density at radius 1 is 0.750 bits per heavy atom. The molecule has 7 fully saturated rings. The van der Waals surface area contributed by atoms with Crippen LogP contribution in [0.5, 0.6) is 0 Å². The van der Waals surface area contributed by atoms with Crippen LogP contribution in [-0.2, 0) is 14.2 Å². The lowest BCUT2D eigenvalue weighted by molar-refractivity contribution is -0.306. The lowest BCUT2D eigenvalue weighted by atomic mass is 9.41. The van der Waals surface area contributed by atoms with Crippen molar-refractivity contribution in [3.05, 3.63) is 0 Å². The second-order valence-corrected chi connectivity index (χ2v) is 18.3. The van der Waals surface area contributed by atoms with Gasteiger partial charge in [0, 0.05) is 5.92 Å². The predicted octanol–water partition coefficient (Wildman–Crippen LogP) is 2.90. The van der Waals surface area contributed by atoms with Gasteiger partial charge in [0.2, 0.25) is 0 Å². The molecule has 0 aromatic heterocycles. The topological polar surface area (TPSA) is 149 Å². The van der Waals surface area contributed by atoms with Gasteiger partial charge in [-0.15, -0.1) is 0 Å². The molecule has 7 rings (SSSR count). The molecular formula is C35H58O9. The summed E-state index contributed by atoms with van der Waals surface area (Å²) < 4.78 is 18.7. The summed E-state index contributed by atoms with van der Waals surface area (Å²) in [6, 6.07) is 0. The summed E-state index contributed by atoms with van der Waals surface area (Å²) in [5, 5.41) is 65.5. The monoisotopic (exact) mass is 622 g/mol. The highest BCUT2D eigenvalue weighted by Gasteiger charge is 2.85. The van der Waals surface area contributed by atoms with Crippen molar-refractivity contribution in [2.45, 2.75) is 166 Å². The van der Waals surface area contributed by atoms with Crippen LogP contribution in [-0.4, -0.2) is 97.5 Å². The number of rotatable bonds is 4. The molecule has 0 aromatic carbocycles. The summed E-state index contributed by atoms with van der Waals surface area (Å²) in [5.41, 5.74) is -2.01. The molecule has 2 saturated heterocycles. The molecule has 0 unspecified atom stereocenters. The fourth-order valence-corrected chi connectivity index (χ4v) is 13.4. The van der Waals surface area contributed by atoms with E-state index in [0.29, 0.717) is 18.8 Å². The average Bonchev–Trinajstić information content (AvgIpc) is 3.27. The maximum Gasteiger partial charge on any atom is 0.186 e. The molecular weight excluding hydrogens is 564 g/mol. The Bertz CT molecular complexity index is 1160. The van der Waals surface area contributed by atoms with Crippen LogP contribution in [0.4, 0.5) is 0 Å². The Morgan fingerprint density at radius 3 is 2.11 bits per heavy atom. The predicted molar refractivity (Wildman–Crippen MR) is 161 cm³/mol. The SMILES string of the molecule is CC(C)(O)[C@@H]1CC[C@](C)([C@@H]2[C@@H](O)C[C@@]3(C)[C@@H]4C[C@@H](O)[C@H]5C(C)(C)[C@H](O[C@@H]6OC[C@H](O)[C@H](O)[C@@H]6O)CC[C@@]56C[C@@]46CC[C@]23C)O1. The van der Waals surface area contributed by atoms with E-state index in [4.69, 9.17) is 14.2 Å². The molecule has 44 heavy (non-hydrogen) atoms. The van der Waals surface area contributed by atoms with Crippen LogP contribution < -0.4 is 0 Å². The molecule has 5 saturated carbocycles. The van der Waals surface area contributed by atoms with Crippen molar-refractivity contribution >= 4 is 0 Å². The maximum absolute atomic E-state index is 12.1. The highest BCUT2D eigenvalue weighted by atomic mass is 16.7. The molecule has 252 valence electrons. The highest BCUT2D eigenvalue weighted by molar-refractivity contribution is 5.33. The maximum atomic E-state index is 12.1. The lowest BCUT2D eigenvalue weighted by Crippen LogP contribution is -2.63. The van der Waals surface area contributed by atoms with E-state index < -0.39 is 53.4 Å². The molecule has 9 heteroatoms. The summed E-state index contributed by atoms with van der Waals surface area (Å²) in [6.07, 6.45) is 1.57. The lowest BCUT2D eigenvalue weighted by Gasteiger charge is -2.64. The molecule has 2 aliphatic heterocycles. The van der Waals surface area contributed by atoms with Crippen molar-refractivity contribution in [1.82, 2.24) is 0 Å². The summed E-state index contributed by atoms with van der Waals surface area (Å²) in [4.78, 5) is 0. The molecule has 2 spiro atoms. The van der Waals surface area contributed by atoms with Crippen LogP contribution >= 0.6 is 0 Å². The van der Waals surface area contributed by atoms with Crippen molar-refractivity contribution in [2.75, 3.05) is 6.61 Å². The van der Waals surface area contributed by atoms with Gasteiger partial charge in [-0.2, -0.15) is 0 Å². The van der Waals surface area contributed by atoms with E-state index in [0.717, 1.165) is 44.9 Å². The molecule has 0 aromatic rings. The molecule has 0 amide bonds. The fourth-order valence-electron chi connectivity index (χ4n) is 13.4. The first-order valence-electron chi connectivity index (χ1n) is 17.4. The van der Waals surface area contributed by atoms with Gasteiger partial charge in [-0.1, -0.05) is 27.7 Å². The first kappa shape index (κ1) is 32.2. The van der Waals surface area contributed by atoms with Gasteiger partial charge >= 0.3 is 0 Å². The van der Waals surface area contributed by atoms with Gasteiger partial charge in [0.15, 0.2) is 6.29 Å². The van der Waals surface area contributed by atoms with E-state index >= 15 is 0 Å². The minimum Gasteiger partial charge on any atom is -0.393 e. The number of hydrogen-bond donors (Lipinski definition) is 6. The van der Waals surface area contributed by atoms with Gasteiger partial charge in [0.25, 0.3) is 0 Å². The van der Waals surface area contributed by atoms with E-state index in [1.54, 1.807) is 0 Å². The van der Waals surface area contributed by atoms with Crippen molar-refractivity contribution in [1.29, 1.82) is 0 Å². The van der Waals surface area contributed by atoms with Crippen LogP contribution in [0.15, 0.2) is 0 Å². The number of fused-ring (bicyclic) bond motifs is 2. The molecule has 0 bridgehead atoms. The minimum absolute atomic E-state index is 0.00753. The van der Waals surface area contributed by atoms with Crippen LogP contribution in [0.3, 0.4) is 0 Å². The Labute approximate surface area is 262 Å². The van der Waals surface area contributed by atoms with Crippen LogP contribution in [0, 0.1) is 44.8 Å². The van der Waals surface area contributed by atoms with E-state index in [1.165, 1.54) is 0 Å². The Kier molecular flexibility index (Phi) is 7.04. The number of aliphatic hydroxyl groups excluding tert-OH is 5. The third-order valence-electron chi connectivity index (χ3n) is 15.5. The van der Waals surface area contributed by atoms with Crippen LogP contribution in [0.2, 0.25) is 0 Å². The van der Waals surface area contributed by atoms with E-state index in [1.807, 2.05) is 13.8 Å². The van der Waals surface area contributed by atoms with Gasteiger partial charge < -0.3 is 44.8 Å². The van der Waals surface area contributed by atoms with E-state index in [9.17, 15) is 30.6 Å². The zero-order chi connectivity index (χ0) is 32.0. The van der Waals surface area contributed by atoms with Gasteiger partial charge in [0.05, 0.1) is 42.2 Å². The number of aliphatic hydroxyl groups is 6. The van der Waals surface area contributed by atoms with Gasteiger partial charge in [0.1, 0.15) is 18.3 Å². The van der Waals surface area contributed by atoms with Crippen LogP contribution in [0.25, 0.3) is 0 Å². The average molecular weight is 623 g/mol. The third kappa shape index (κ3) is 3.97. The van der Waals surface area contributed by atoms with Crippen molar-refractivity contribution < 1.29 is 44.8 Å². The smallest absolute Gasteiger partial charge is 0.186 e. The van der Waals surface area contributed by atoms with Gasteiger partial charge in [-0.05, 0) is 117 Å². The summed E-state index contributed by atoms with van der Waals surface area (Å²) >= 11 is 0. The Morgan fingerprint density at radius 2 is 1.45 bits per heavy atom. The molecule has 5 aliphatic carbocycles. The van der Waals surface area contributed by atoms with Gasteiger partial charge in [-0.25, -0.2) is 0 Å². The van der Waals surface area contributed by atoms with Gasteiger partial charge in [-0.3, -0.25) is 0 Å². The first-order chi connectivity index (χ1) is 20.3. The van der Waals surface area contributed by atoms with E-state index in [-0.39, 0.29) is 52.3 Å². The minimum atomic E-state index is -1.33. The molecule has 16 atom stereocenters. The van der Waals surface area contributed by atoms with Crippen LogP contribution in [0.1, 0.15) is 106 Å². The first-order valence-corrected chi connectivity index (χ1v) is 17.4. The number of ether oxygens (including phenoxy) is 3. The Hall–Kier alpha value is -0.360. The Balaban J connectivity index is 1.15. The quantitative estimate of drug-likeness (QED) is 0.260. The standard InChI is InChI=1S/C35H58O9/c1-29(2)22(43-28-25(40)24(39)20(38)16-42-28)9-11-35-17-34(35)13-12-31(5)27(33(7)10-8-23(44-33)30(3,4)41)19(37)15-32(31,6)21(34)14-18(36)26(29)35/h18-28,36-41H,8-17H2,1-7H3/t18-,19+,20+,21+,22-,23+,24+,25+,26+,27-,28+,31-,32+,33-,34+,35-/m1/s1. The normalized spacial score (nSPS) is 59.8.